The van der Waals surface area contributed by atoms with Crippen LogP contribution in [0.4, 0.5) is 5.13 Å². The van der Waals surface area contributed by atoms with Crippen molar-refractivity contribution in [1.29, 1.82) is 0 Å². The first-order valence-electron chi connectivity index (χ1n) is 8.25. The smallest absolute Gasteiger partial charge is 0.254 e. The number of para-hydroxylation sites is 1. The number of rotatable bonds is 3. The second kappa shape index (κ2) is 6.64. The number of nitrogens with one attached hydrogen (secondary N) is 1. The molecule has 1 aliphatic rings. The zero-order chi connectivity index (χ0) is 17.2. The van der Waals surface area contributed by atoms with Crippen molar-refractivity contribution in [2.45, 2.75) is 18.9 Å². The van der Waals surface area contributed by atoms with Crippen LogP contribution in [0, 0.1) is 0 Å². The van der Waals surface area contributed by atoms with E-state index in [2.05, 4.69) is 10.3 Å². The quantitative estimate of drug-likeness (QED) is 0.785. The Morgan fingerprint density at radius 2 is 1.84 bits per heavy atom. The fraction of sp³-hybridized carbons (Fsp3) is 0.211. The first-order valence-corrected chi connectivity index (χ1v) is 9.06. The minimum Gasteiger partial charge on any atom is -0.327 e. The van der Waals surface area contributed by atoms with Crippen LogP contribution in [0.25, 0.3) is 10.2 Å². The third-order valence-electron chi connectivity index (χ3n) is 4.36. The Bertz CT molecular complexity index is 890. The van der Waals surface area contributed by atoms with Gasteiger partial charge in [-0.05, 0) is 37.1 Å². The van der Waals surface area contributed by atoms with Crippen LogP contribution in [0.15, 0.2) is 54.6 Å². The number of carbonyl (C=O) groups is 2. The van der Waals surface area contributed by atoms with Gasteiger partial charge in [0.25, 0.3) is 5.91 Å². The first kappa shape index (κ1) is 15.8. The van der Waals surface area contributed by atoms with E-state index in [9.17, 15) is 9.59 Å². The van der Waals surface area contributed by atoms with Gasteiger partial charge >= 0.3 is 0 Å². The number of likely N-dealkylation sites (tertiary alicyclic amines) is 1. The van der Waals surface area contributed by atoms with Crippen LogP contribution in [0.5, 0.6) is 0 Å². The molecule has 0 spiro atoms. The fourth-order valence-corrected chi connectivity index (χ4v) is 4.01. The molecule has 1 fully saturated rings. The third kappa shape index (κ3) is 3.13. The molecule has 2 amide bonds. The van der Waals surface area contributed by atoms with E-state index < -0.39 is 6.04 Å². The lowest BCUT2D eigenvalue weighted by molar-refractivity contribution is -0.119. The number of thiazole rings is 1. The number of hydrogen-bond donors (Lipinski definition) is 1. The van der Waals surface area contributed by atoms with Gasteiger partial charge in [0.15, 0.2) is 5.13 Å². The van der Waals surface area contributed by atoms with Crippen molar-refractivity contribution in [1.82, 2.24) is 9.88 Å². The molecule has 1 atom stereocenters. The number of amides is 2. The van der Waals surface area contributed by atoms with Crippen molar-refractivity contribution >= 4 is 38.5 Å². The number of benzene rings is 2. The summed E-state index contributed by atoms with van der Waals surface area (Å²) in [6.07, 6.45) is 1.51. The summed E-state index contributed by atoms with van der Waals surface area (Å²) in [5.74, 6) is -0.261. The number of aromatic nitrogens is 1. The lowest BCUT2D eigenvalue weighted by atomic mass is 10.1. The summed E-state index contributed by atoms with van der Waals surface area (Å²) in [5, 5.41) is 3.46. The molecule has 6 heteroatoms. The van der Waals surface area contributed by atoms with Crippen LogP contribution in [0.1, 0.15) is 23.2 Å². The summed E-state index contributed by atoms with van der Waals surface area (Å²) in [4.78, 5) is 31.5. The van der Waals surface area contributed by atoms with E-state index in [0.717, 1.165) is 16.6 Å². The lowest BCUT2D eigenvalue weighted by Crippen LogP contribution is -2.43. The Kier molecular flexibility index (Phi) is 4.19. The number of anilines is 1. The minimum absolute atomic E-state index is 0.0949. The maximum absolute atomic E-state index is 12.7. The van der Waals surface area contributed by atoms with Crippen molar-refractivity contribution in [3.63, 3.8) is 0 Å². The molecule has 1 N–H and O–H groups in total. The summed E-state index contributed by atoms with van der Waals surface area (Å²) >= 11 is 1.44. The fourth-order valence-electron chi connectivity index (χ4n) is 3.14. The Morgan fingerprint density at radius 3 is 2.64 bits per heavy atom. The van der Waals surface area contributed by atoms with Gasteiger partial charge in [0.2, 0.25) is 5.91 Å². The van der Waals surface area contributed by atoms with Gasteiger partial charge in [-0.25, -0.2) is 4.98 Å². The highest BCUT2D eigenvalue weighted by molar-refractivity contribution is 7.22. The number of carbonyl (C=O) groups excluding carboxylic acids is 2. The van der Waals surface area contributed by atoms with E-state index in [1.165, 1.54) is 11.3 Å². The van der Waals surface area contributed by atoms with E-state index in [4.69, 9.17) is 0 Å². The minimum atomic E-state index is -0.445. The predicted molar refractivity (Wildman–Crippen MR) is 98.8 cm³/mol. The molecular formula is C19H17N3O2S. The third-order valence-corrected chi connectivity index (χ3v) is 5.31. The molecule has 126 valence electrons. The summed E-state index contributed by atoms with van der Waals surface area (Å²) in [5.41, 5.74) is 1.48. The molecule has 1 aromatic heterocycles. The van der Waals surface area contributed by atoms with Gasteiger partial charge in [-0.15, -0.1) is 0 Å². The second-order valence-corrected chi connectivity index (χ2v) is 7.03. The average Bonchev–Trinajstić information content (AvgIpc) is 3.28. The SMILES string of the molecule is O=C(Nc1nc2ccccc2s1)[C@H]1CCCN1C(=O)c1ccccc1. The highest BCUT2D eigenvalue weighted by Crippen LogP contribution is 2.27. The number of fused-ring (bicyclic) bond motifs is 1. The summed E-state index contributed by atoms with van der Waals surface area (Å²) < 4.78 is 1.03. The second-order valence-electron chi connectivity index (χ2n) is 6.00. The summed E-state index contributed by atoms with van der Waals surface area (Å²) in [7, 11) is 0. The molecule has 4 rings (SSSR count). The highest BCUT2D eigenvalue weighted by Gasteiger charge is 2.34. The largest absolute Gasteiger partial charge is 0.327 e. The molecule has 0 unspecified atom stereocenters. The van der Waals surface area contributed by atoms with Crippen molar-refractivity contribution in [3.05, 3.63) is 60.2 Å². The summed E-state index contributed by atoms with van der Waals surface area (Å²) in [6, 6.07) is 16.4. The molecule has 25 heavy (non-hydrogen) atoms. The lowest BCUT2D eigenvalue weighted by Gasteiger charge is -2.23. The molecule has 1 aliphatic heterocycles. The predicted octanol–water partition coefficient (Wildman–Crippen LogP) is 3.54. The van der Waals surface area contributed by atoms with Gasteiger partial charge < -0.3 is 10.2 Å². The van der Waals surface area contributed by atoms with Crippen molar-refractivity contribution in [2.24, 2.45) is 0 Å². The molecule has 1 saturated heterocycles. The van der Waals surface area contributed by atoms with Gasteiger partial charge in [-0.1, -0.05) is 41.7 Å². The first-order chi connectivity index (χ1) is 12.2. The topological polar surface area (TPSA) is 62.3 Å². The van der Waals surface area contributed by atoms with Gasteiger partial charge in [0, 0.05) is 12.1 Å². The molecule has 5 nitrogen and oxygen atoms in total. The molecule has 0 bridgehead atoms. The number of hydrogen-bond acceptors (Lipinski definition) is 4. The van der Waals surface area contributed by atoms with Crippen LogP contribution in [-0.4, -0.2) is 34.3 Å². The van der Waals surface area contributed by atoms with E-state index in [1.54, 1.807) is 17.0 Å². The van der Waals surface area contributed by atoms with Crippen LogP contribution in [0.3, 0.4) is 0 Å². The Balaban J connectivity index is 1.51. The van der Waals surface area contributed by atoms with Gasteiger partial charge in [-0.2, -0.15) is 0 Å². The van der Waals surface area contributed by atoms with Crippen molar-refractivity contribution in [2.75, 3.05) is 11.9 Å². The molecule has 0 saturated carbocycles. The zero-order valence-electron chi connectivity index (χ0n) is 13.5. The Morgan fingerprint density at radius 1 is 1.08 bits per heavy atom. The van der Waals surface area contributed by atoms with Crippen LogP contribution >= 0.6 is 11.3 Å². The highest BCUT2D eigenvalue weighted by atomic mass is 32.1. The standard InChI is InChI=1S/C19H17N3O2S/c23-17(21-19-20-14-9-4-5-11-16(14)25-19)15-10-6-12-22(15)18(24)13-7-2-1-3-8-13/h1-5,7-9,11,15H,6,10,12H2,(H,20,21,23)/t15-/m1/s1. The van der Waals surface area contributed by atoms with Crippen molar-refractivity contribution < 1.29 is 9.59 Å². The van der Waals surface area contributed by atoms with E-state index in [-0.39, 0.29) is 11.8 Å². The Hall–Kier alpha value is -2.73. The van der Waals surface area contributed by atoms with E-state index in [0.29, 0.717) is 23.7 Å². The molecular weight excluding hydrogens is 334 g/mol. The maximum atomic E-state index is 12.7. The monoisotopic (exact) mass is 351 g/mol. The molecule has 0 aliphatic carbocycles. The van der Waals surface area contributed by atoms with E-state index in [1.807, 2.05) is 42.5 Å². The molecule has 2 aromatic carbocycles. The van der Waals surface area contributed by atoms with Crippen molar-refractivity contribution in [3.8, 4) is 0 Å². The molecule has 3 aromatic rings. The van der Waals surface area contributed by atoms with Gasteiger partial charge in [0.1, 0.15) is 6.04 Å². The van der Waals surface area contributed by atoms with Crippen LogP contribution in [-0.2, 0) is 4.79 Å². The maximum Gasteiger partial charge on any atom is 0.254 e. The van der Waals surface area contributed by atoms with E-state index >= 15 is 0 Å². The van der Waals surface area contributed by atoms with Crippen LogP contribution < -0.4 is 5.32 Å². The normalized spacial score (nSPS) is 17.0. The Labute approximate surface area is 149 Å². The zero-order valence-corrected chi connectivity index (χ0v) is 14.3. The van der Waals surface area contributed by atoms with Gasteiger partial charge in [-0.3, -0.25) is 9.59 Å². The average molecular weight is 351 g/mol. The van der Waals surface area contributed by atoms with Gasteiger partial charge in [0.05, 0.1) is 10.2 Å². The van der Waals surface area contributed by atoms with Crippen LogP contribution in [0.2, 0.25) is 0 Å². The molecule has 0 radical (unpaired) electrons. The molecule has 2 heterocycles. The summed E-state index contributed by atoms with van der Waals surface area (Å²) in [6.45, 7) is 0.603. The number of nitrogens with zero attached hydrogens (tertiary/aromatic N) is 2.